The van der Waals surface area contributed by atoms with Crippen LogP contribution in [0.3, 0.4) is 0 Å². The maximum atomic E-state index is 8.49. The molecule has 0 spiro atoms. The molecule has 1 heterocycles. The maximum Gasteiger partial charge on any atom is 0.231 e. The highest BCUT2D eigenvalue weighted by Crippen LogP contribution is 2.27. The van der Waals surface area contributed by atoms with Gasteiger partial charge in [0.25, 0.3) is 0 Å². The first-order valence-electron chi connectivity index (χ1n) is 6.26. The van der Waals surface area contributed by atoms with Crippen molar-refractivity contribution in [2.45, 2.75) is 20.8 Å². The van der Waals surface area contributed by atoms with Crippen LogP contribution in [-0.2, 0) is 0 Å². The van der Waals surface area contributed by atoms with E-state index >= 15 is 0 Å². The number of aryl methyl sites for hydroxylation is 3. The van der Waals surface area contributed by atoms with Crippen LogP contribution in [0, 0.1) is 31.0 Å². The summed E-state index contributed by atoms with van der Waals surface area (Å²) < 4.78 is 36.0. The molecule has 0 bridgehead atoms. The molecule has 0 atom stereocenters. The summed E-state index contributed by atoms with van der Waals surface area (Å²) in [7, 11) is -4.94. The molecule has 0 aliphatic carbocycles. The largest absolute Gasteiger partial charge is 0.397 e. The van der Waals surface area contributed by atoms with Gasteiger partial charge in [-0.2, -0.15) is 4.57 Å². The highest BCUT2D eigenvalue weighted by atomic mass is 35.7. The van der Waals surface area contributed by atoms with Gasteiger partial charge in [0.1, 0.15) is 5.02 Å². The molecule has 2 aromatic rings. The summed E-state index contributed by atoms with van der Waals surface area (Å²) in [5.74, 6) is 0. The van der Waals surface area contributed by atoms with Crippen LogP contribution in [0.25, 0.3) is 5.69 Å². The van der Waals surface area contributed by atoms with Gasteiger partial charge in [0, 0.05) is 32.0 Å². The summed E-state index contributed by atoms with van der Waals surface area (Å²) in [6.45, 7) is 6.16. The lowest BCUT2D eigenvalue weighted by atomic mass is 10.2. The number of halogens is 3. The Balaban J connectivity index is 0.000000463. The zero-order valence-corrected chi connectivity index (χ0v) is 14.9. The second kappa shape index (κ2) is 7.63. The minimum Gasteiger partial charge on any atom is -0.397 e. The summed E-state index contributed by atoms with van der Waals surface area (Å²) in [5, 5.41) is 1.11. The van der Waals surface area contributed by atoms with Gasteiger partial charge in [0.2, 0.25) is 5.69 Å². The Kier molecular flexibility index (Phi) is 6.61. The van der Waals surface area contributed by atoms with Gasteiger partial charge in [-0.05, 0) is 18.6 Å². The van der Waals surface area contributed by atoms with E-state index in [9.17, 15) is 0 Å². The standard InChI is InChI=1S/C14H15Cl2N2.ClHO4/c1-8-4-9(2)18(10(3)5-8)14-7-11(15)13(17)6-12(14)16;2-1(3,4)5/h4-7H,17H2,1-3H3;(H,2,3,4,5)/q+1;/p-1. The third-order valence-corrected chi connectivity index (χ3v) is 3.52. The van der Waals surface area contributed by atoms with Crippen LogP contribution in [0.2, 0.25) is 10.0 Å². The van der Waals surface area contributed by atoms with E-state index in [0.717, 1.165) is 17.1 Å². The molecule has 0 aliphatic rings. The van der Waals surface area contributed by atoms with Crippen molar-refractivity contribution >= 4 is 28.9 Å². The van der Waals surface area contributed by atoms with Crippen molar-refractivity contribution in [2.24, 2.45) is 0 Å². The van der Waals surface area contributed by atoms with E-state index in [-0.39, 0.29) is 0 Å². The second-order valence-corrected chi connectivity index (χ2v) is 6.42. The first kappa shape index (κ1) is 19.9. The molecule has 0 radical (unpaired) electrons. The molecular formula is C14H15Cl3N2O4. The molecule has 1 aromatic carbocycles. The van der Waals surface area contributed by atoms with Crippen molar-refractivity contribution in [3.05, 3.63) is 51.3 Å². The van der Waals surface area contributed by atoms with Crippen molar-refractivity contribution in [1.29, 1.82) is 0 Å². The van der Waals surface area contributed by atoms with Crippen LogP contribution in [0.15, 0.2) is 24.3 Å². The number of aromatic nitrogens is 1. The van der Waals surface area contributed by atoms with Crippen molar-refractivity contribution in [3.8, 4) is 5.69 Å². The van der Waals surface area contributed by atoms with E-state index in [4.69, 9.17) is 47.6 Å². The fourth-order valence-electron chi connectivity index (χ4n) is 2.21. The number of nitrogen functional groups attached to an aromatic ring is 1. The Bertz CT molecular complexity index is 689. The number of rotatable bonds is 1. The van der Waals surface area contributed by atoms with Crippen LogP contribution >= 0.6 is 23.2 Å². The molecule has 2 N–H and O–H groups in total. The lowest BCUT2D eigenvalue weighted by molar-refractivity contribution is -2.00. The van der Waals surface area contributed by atoms with E-state index in [2.05, 4.69) is 23.6 Å². The molecule has 126 valence electrons. The second-order valence-electron chi connectivity index (χ2n) is 4.85. The fraction of sp³-hybridized carbons (Fsp3) is 0.214. The van der Waals surface area contributed by atoms with Gasteiger partial charge >= 0.3 is 0 Å². The third kappa shape index (κ3) is 6.12. The molecule has 2 rings (SSSR count). The minimum absolute atomic E-state index is 0.494. The van der Waals surface area contributed by atoms with E-state index in [1.54, 1.807) is 12.1 Å². The number of benzene rings is 1. The molecule has 1 aromatic heterocycles. The van der Waals surface area contributed by atoms with Crippen LogP contribution in [0.5, 0.6) is 0 Å². The molecule has 0 aliphatic heterocycles. The van der Waals surface area contributed by atoms with Crippen LogP contribution < -0.4 is 28.9 Å². The Hall–Kier alpha value is -1.12. The number of pyridine rings is 1. The van der Waals surface area contributed by atoms with Gasteiger partial charge < -0.3 is 5.73 Å². The average Bonchev–Trinajstić information content (AvgIpc) is 2.32. The third-order valence-electron chi connectivity index (χ3n) is 2.89. The Morgan fingerprint density at radius 2 is 1.30 bits per heavy atom. The molecule has 0 saturated heterocycles. The summed E-state index contributed by atoms with van der Waals surface area (Å²) in [5.41, 5.74) is 10.5. The maximum absolute atomic E-state index is 8.49. The van der Waals surface area contributed by atoms with Crippen molar-refractivity contribution < 1.29 is 33.4 Å². The van der Waals surface area contributed by atoms with Gasteiger partial charge in [-0.3, -0.25) is 0 Å². The Labute approximate surface area is 146 Å². The first-order valence-corrected chi connectivity index (χ1v) is 8.25. The first-order chi connectivity index (χ1) is 10.4. The van der Waals surface area contributed by atoms with Crippen LogP contribution in [0.4, 0.5) is 5.69 Å². The van der Waals surface area contributed by atoms with Gasteiger partial charge in [0.15, 0.2) is 11.4 Å². The molecule has 9 heteroatoms. The SMILES string of the molecule is Cc1cc(C)[n+](-c2cc(Cl)c(N)cc2Cl)c(C)c1.[O-][Cl+3]([O-])([O-])[O-]. The average molecular weight is 382 g/mol. The number of nitrogens with zero attached hydrogens (tertiary/aromatic N) is 1. The summed E-state index contributed by atoms with van der Waals surface area (Å²) in [4.78, 5) is 0. The normalized spacial score (nSPS) is 11.0. The number of nitrogens with two attached hydrogens (primary N) is 1. The van der Waals surface area contributed by atoms with Crippen molar-refractivity contribution in [3.63, 3.8) is 0 Å². The summed E-state index contributed by atoms with van der Waals surface area (Å²) in [6, 6.07) is 7.70. The quantitative estimate of drug-likeness (QED) is 0.502. The van der Waals surface area contributed by atoms with Gasteiger partial charge in [-0.15, -0.1) is 10.2 Å². The lowest BCUT2D eigenvalue weighted by Gasteiger charge is -2.17. The fourth-order valence-corrected chi connectivity index (χ4v) is 2.63. The van der Waals surface area contributed by atoms with Gasteiger partial charge in [-0.1, -0.05) is 23.2 Å². The van der Waals surface area contributed by atoms with Gasteiger partial charge in [0.05, 0.1) is 10.7 Å². The molecule has 0 fully saturated rings. The van der Waals surface area contributed by atoms with E-state index in [1.165, 1.54) is 5.56 Å². The minimum atomic E-state index is -4.94. The highest BCUT2D eigenvalue weighted by Gasteiger charge is 2.20. The predicted molar refractivity (Wildman–Crippen MR) is 76.6 cm³/mol. The molecule has 0 saturated carbocycles. The molecule has 6 nitrogen and oxygen atoms in total. The van der Waals surface area contributed by atoms with E-state index < -0.39 is 10.2 Å². The molecule has 0 unspecified atom stereocenters. The summed E-state index contributed by atoms with van der Waals surface area (Å²) >= 11 is 12.3. The van der Waals surface area contributed by atoms with Gasteiger partial charge in [-0.25, -0.2) is 18.6 Å². The molecule has 23 heavy (non-hydrogen) atoms. The van der Waals surface area contributed by atoms with Crippen LogP contribution in [-0.4, -0.2) is 0 Å². The highest BCUT2D eigenvalue weighted by molar-refractivity contribution is 6.36. The smallest absolute Gasteiger partial charge is 0.231 e. The van der Waals surface area contributed by atoms with E-state index in [0.29, 0.717) is 15.7 Å². The lowest BCUT2D eigenvalue weighted by Crippen LogP contribution is -2.68. The topological polar surface area (TPSA) is 122 Å². The van der Waals surface area contributed by atoms with Crippen LogP contribution in [0.1, 0.15) is 17.0 Å². The number of anilines is 1. The summed E-state index contributed by atoms with van der Waals surface area (Å²) in [6.07, 6.45) is 0. The van der Waals surface area contributed by atoms with Crippen molar-refractivity contribution in [2.75, 3.05) is 5.73 Å². The zero-order chi connectivity index (χ0) is 17.9. The monoisotopic (exact) mass is 380 g/mol. The zero-order valence-electron chi connectivity index (χ0n) is 12.6. The predicted octanol–water partition coefficient (Wildman–Crippen LogP) is -0.978. The Morgan fingerprint density at radius 3 is 1.74 bits per heavy atom. The molecule has 0 amide bonds. The number of hydrogen-bond donors (Lipinski definition) is 1. The van der Waals surface area contributed by atoms with Crippen molar-refractivity contribution in [1.82, 2.24) is 0 Å². The molecular weight excluding hydrogens is 367 g/mol. The number of hydrogen-bond acceptors (Lipinski definition) is 5. The Morgan fingerprint density at radius 1 is 0.870 bits per heavy atom. The van der Waals surface area contributed by atoms with E-state index in [1.807, 2.05) is 13.8 Å².